The molecule has 2 aromatic rings. The van der Waals surface area contributed by atoms with Crippen molar-refractivity contribution in [3.8, 4) is 0 Å². The number of carbonyl (C=O) groups is 2. The Hall–Kier alpha value is -3.06. The number of aryl methyl sites for hydroxylation is 1. The zero-order valence-corrected chi connectivity index (χ0v) is 19.7. The van der Waals surface area contributed by atoms with Gasteiger partial charge in [0.1, 0.15) is 5.60 Å². The van der Waals surface area contributed by atoms with Crippen molar-refractivity contribution in [1.29, 1.82) is 0 Å². The highest BCUT2D eigenvalue weighted by Crippen LogP contribution is 2.25. The van der Waals surface area contributed by atoms with E-state index in [1.807, 2.05) is 12.1 Å². The molecule has 2 amide bonds. The van der Waals surface area contributed by atoms with E-state index < -0.39 is 11.7 Å². The lowest BCUT2D eigenvalue weighted by molar-refractivity contribution is 0.0636. The molecule has 7 nitrogen and oxygen atoms in total. The maximum atomic E-state index is 12.7. The molecule has 0 atom stereocenters. The van der Waals surface area contributed by atoms with E-state index in [2.05, 4.69) is 40.3 Å². The molecule has 0 aromatic heterocycles. The quantitative estimate of drug-likeness (QED) is 0.706. The first-order chi connectivity index (χ1) is 15.1. The third-order valence-electron chi connectivity index (χ3n) is 5.41. The fourth-order valence-corrected chi connectivity index (χ4v) is 3.72. The van der Waals surface area contributed by atoms with Gasteiger partial charge >= 0.3 is 6.09 Å². The van der Waals surface area contributed by atoms with Gasteiger partial charge in [-0.3, -0.25) is 10.1 Å². The van der Waals surface area contributed by atoms with E-state index in [-0.39, 0.29) is 5.91 Å². The second kappa shape index (κ2) is 10.0. The number of amides is 2. The Bertz CT molecular complexity index is 943. The zero-order chi connectivity index (χ0) is 23.3. The SMILES string of the molecule is CCN1CCN(c2ccc(NC(=O)c3ccc(NC(=O)OC(C)(C)C)cc3)cc2C)CC1. The minimum absolute atomic E-state index is 0.197. The number of nitrogens with one attached hydrogen (secondary N) is 2. The fourth-order valence-electron chi connectivity index (χ4n) is 3.72. The van der Waals surface area contributed by atoms with Gasteiger partial charge in [-0.05, 0) is 82.3 Å². The Morgan fingerprint density at radius 3 is 2.12 bits per heavy atom. The maximum Gasteiger partial charge on any atom is 0.412 e. The summed E-state index contributed by atoms with van der Waals surface area (Å²) in [4.78, 5) is 29.4. The molecule has 0 radical (unpaired) electrons. The van der Waals surface area contributed by atoms with Gasteiger partial charge in [0.2, 0.25) is 0 Å². The highest BCUT2D eigenvalue weighted by atomic mass is 16.6. The summed E-state index contributed by atoms with van der Waals surface area (Å²) in [5.74, 6) is -0.197. The van der Waals surface area contributed by atoms with Crippen LogP contribution in [0.25, 0.3) is 0 Å². The van der Waals surface area contributed by atoms with Gasteiger partial charge in [-0.1, -0.05) is 6.92 Å². The molecule has 3 rings (SSSR count). The Morgan fingerprint density at radius 1 is 0.938 bits per heavy atom. The van der Waals surface area contributed by atoms with Crippen LogP contribution in [0.3, 0.4) is 0 Å². The largest absolute Gasteiger partial charge is 0.444 e. The van der Waals surface area contributed by atoms with Crippen LogP contribution in [0.5, 0.6) is 0 Å². The van der Waals surface area contributed by atoms with Gasteiger partial charge in [0.15, 0.2) is 0 Å². The summed E-state index contributed by atoms with van der Waals surface area (Å²) >= 11 is 0. The molecule has 1 fully saturated rings. The third-order valence-corrected chi connectivity index (χ3v) is 5.41. The summed E-state index contributed by atoms with van der Waals surface area (Å²) < 4.78 is 5.24. The first-order valence-electron chi connectivity index (χ1n) is 11.1. The molecule has 0 spiro atoms. The molecule has 1 heterocycles. The smallest absolute Gasteiger partial charge is 0.412 e. The summed E-state index contributed by atoms with van der Waals surface area (Å²) in [5, 5.41) is 5.62. The summed E-state index contributed by atoms with van der Waals surface area (Å²) in [6.07, 6.45) is -0.527. The van der Waals surface area contributed by atoms with Crippen LogP contribution in [0.2, 0.25) is 0 Å². The normalized spacial score (nSPS) is 14.7. The van der Waals surface area contributed by atoms with Crippen LogP contribution in [0, 0.1) is 6.92 Å². The third kappa shape index (κ3) is 6.47. The molecule has 2 N–H and O–H groups in total. The molecule has 0 saturated carbocycles. The number of nitrogens with zero attached hydrogens (tertiary/aromatic N) is 2. The van der Waals surface area contributed by atoms with Gasteiger partial charge in [0.05, 0.1) is 0 Å². The van der Waals surface area contributed by atoms with Crippen LogP contribution >= 0.6 is 0 Å². The van der Waals surface area contributed by atoms with Gasteiger partial charge in [-0.15, -0.1) is 0 Å². The van der Waals surface area contributed by atoms with Crippen molar-refractivity contribution in [2.24, 2.45) is 0 Å². The van der Waals surface area contributed by atoms with Crippen molar-refractivity contribution in [3.05, 3.63) is 53.6 Å². The maximum absolute atomic E-state index is 12.7. The Balaban J connectivity index is 1.58. The number of likely N-dealkylation sites (N-methyl/N-ethyl adjacent to an activating group) is 1. The lowest BCUT2D eigenvalue weighted by atomic mass is 10.1. The molecule has 2 aromatic carbocycles. The second-order valence-corrected chi connectivity index (χ2v) is 9.08. The summed E-state index contributed by atoms with van der Waals surface area (Å²) in [5.41, 5.74) is 3.64. The Kier molecular flexibility index (Phi) is 7.40. The standard InChI is InChI=1S/C25H34N4O3/c1-6-28-13-15-29(16-14-28)22-12-11-21(17-18(22)2)26-23(30)19-7-9-20(10-8-19)27-24(31)32-25(3,4)5/h7-12,17H,6,13-16H2,1-5H3,(H,26,30)(H,27,31). The molecule has 0 aliphatic carbocycles. The molecular formula is C25H34N4O3. The second-order valence-electron chi connectivity index (χ2n) is 9.08. The van der Waals surface area contributed by atoms with Crippen LogP contribution in [0.1, 0.15) is 43.6 Å². The fraction of sp³-hybridized carbons (Fsp3) is 0.440. The summed E-state index contributed by atoms with van der Waals surface area (Å²) in [6.45, 7) is 15.0. The van der Waals surface area contributed by atoms with Gasteiger partial charge in [0, 0.05) is 48.8 Å². The van der Waals surface area contributed by atoms with E-state index in [4.69, 9.17) is 4.74 Å². The first-order valence-corrected chi connectivity index (χ1v) is 11.1. The Labute approximate surface area is 190 Å². The average Bonchev–Trinajstić information content (AvgIpc) is 2.73. The molecule has 1 saturated heterocycles. The highest BCUT2D eigenvalue weighted by molar-refractivity contribution is 6.04. The number of carbonyl (C=O) groups excluding carboxylic acids is 2. The molecule has 1 aliphatic heterocycles. The minimum Gasteiger partial charge on any atom is -0.444 e. The molecule has 7 heteroatoms. The number of benzene rings is 2. The lowest BCUT2D eigenvalue weighted by Crippen LogP contribution is -2.46. The zero-order valence-electron chi connectivity index (χ0n) is 19.7. The average molecular weight is 439 g/mol. The van der Waals surface area contributed by atoms with Crippen molar-refractivity contribution >= 4 is 29.1 Å². The molecule has 0 unspecified atom stereocenters. The molecule has 0 bridgehead atoms. The van der Waals surface area contributed by atoms with E-state index in [1.54, 1.807) is 45.0 Å². The van der Waals surface area contributed by atoms with E-state index in [9.17, 15) is 9.59 Å². The monoisotopic (exact) mass is 438 g/mol. The van der Waals surface area contributed by atoms with Crippen molar-refractivity contribution in [1.82, 2.24) is 4.90 Å². The highest BCUT2D eigenvalue weighted by Gasteiger charge is 2.18. The Morgan fingerprint density at radius 2 is 1.56 bits per heavy atom. The summed E-state index contributed by atoms with van der Waals surface area (Å²) in [6, 6.07) is 12.8. The lowest BCUT2D eigenvalue weighted by Gasteiger charge is -2.36. The first kappa shape index (κ1) is 23.6. The van der Waals surface area contributed by atoms with Gasteiger partial charge in [0.25, 0.3) is 5.91 Å². The molecular weight excluding hydrogens is 404 g/mol. The van der Waals surface area contributed by atoms with Crippen LogP contribution in [-0.4, -0.2) is 55.2 Å². The predicted molar refractivity (Wildman–Crippen MR) is 130 cm³/mol. The number of rotatable bonds is 5. The molecule has 1 aliphatic rings. The van der Waals surface area contributed by atoms with Crippen LogP contribution in [0.15, 0.2) is 42.5 Å². The number of hydrogen-bond donors (Lipinski definition) is 2. The molecule has 32 heavy (non-hydrogen) atoms. The minimum atomic E-state index is -0.568. The van der Waals surface area contributed by atoms with E-state index in [1.165, 1.54) is 5.69 Å². The predicted octanol–water partition coefficient (Wildman–Crippen LogP) is 4.74. The van der Waals surface area contributed by atoms with Crippen LogP contribution < -0.4 is 15.5 Å². The number of ether oxygens (including phenoxy) is 1. The van der Waals surface area contributed by atoms with Crippen LogP contribution in [0.4, 0.5) is 21.9 Å². The number of hydrogen-bond acceptors (Lipinski definition) is 5. The van der Waals surface area contributed by atoms with E-state index >= 15 is 0 Å². The topological polar surface area (TPSA) is 73.9 Å². The van der Waals surface area contributed by atoms with Gasteiger partial charge in [-0.25, -0.2) is 4.79 Å². The van der Waals surface area contributed by atoms with Crippen molar-refractivity contribution < 1.29 is 14.3 Å². The van der Waals surface area contributed by atoms with E-state index in [0.29, 0.717) is 11.3 Å². The molecule has 172 valence electrons. The van der Waals surface area contributed by atoms with Gasteiger partial charge < -0.3 is 19.9 Å². The van der Waals surface area contributed by atoms with Crippen molar-refractivity contribution in [2.45, 2.75) is 40.2 Å². The number of anilines is 3. The van der Waals surface area contributed by atoms with Gasteiger partial charge in [-0.2, -0.15) is 0 Å². The van der Waals surface area contributed by atoms with Crippen molar-refractivity contribution in [2.75, 3.05) is 48.3 Å². The van der Waals surface area contributed by atoms with E-state index in [0.717, 1.165) is 44.0 Å². The van der Waals surface area contributed by atoms with Crippen LogP contribution in [-0.2, 0) is 4.74 Å². The van der Waals surface area contributed by atoms with Crippen molar-refractivity contribution in [3.63, 3.8) is 0 Å². The summed E-state index contributed by atoms with van der Waals surface area (Å²) in [7, 11) is 0. The number of piperazine rings is 1.